The van der Waals surface area contributed by atoms with Crippen LogP contribution in [0.3, 0.4) is 0 Å². The highest BCUT2D eigenvalue weighted by Gasteiger charge is 2.36. The highest BCUT2D eigenvalue weighted by atomic mass is 15.2. The van der Waals surface area contributed by atoms with Crippen molar-refractivity contribution >= 4 is 16.5 Å². The summed E-state index contributed by atoms with van der Waals surface area (Å²) in [6.45, 7) is 5.77. The molecule has 0 N–H and O–H groups in total. The minimum Gasteiger partial charge on any atom is -0.368 e. The molecule has 116 valence electrons. The normalized spacial score (nSPS) is 20.0. The zero-order valence-corrected chi connectivity index (χ0v) is 13.9. The van der Waals surface area contributed by atoms with Crippen LogP contribution in [0.4, 0.5) is 5.69 Å². The second-order valence-corrected chi connectivity index (χ2v) is 6.54. The average Bonchev–Trinajstić information content (AvgIpc) is 2.87. The van der Waals surface area contributed by atoms with Crippen LogP contribution in [0.2, 0.25) is 0 Å². The van der Waals surface area contributed by atoms with Crippen LogP contribution in [0.5, 0.6) is 0 Å². The summed E-state index contributed by atoms with van der Waals surface area (Å²) in [5.74, 6) is 0.448. The van der Waals surface area contributed by atoms with Gasteiger partial charge in [0.25, 0.3) is 0 Å². The molecule has 0 radical (unpaired) electrons. The maximum atomic E-state index is 2.59. The van der Waals surface area contributed by atoms with Crippen molar-refractivity contribution in [3.63, 3.8) is 0 Å². The summed E-state index contributed by atoms with van der Waals surface area (Å²) in [5.41, 5.74) is 4.35. The molecule has 4 rings (SSSR count). The average molecular weight is 301 g/mol. The fourth-order valence-corrected chi connectivity index (χ4v) is 4.19. The monoisotopic (exact) mass is 301 g/mol. The van der Waals surface area contributed by atoms with Crippen molar-refractivity contribution in [2.45, 2.75) is 32.2 Å². The van der Waals surface area contributed by atoms with Crippen molar-refractivity contribution in [2.24, 2.45) is 0 Å². The predicted octanol–water partition coefficient (Wildman–Crippen LogP) is 5.59. The Hall–Kier alpha value is -2.28. The highest BCUT2D eigenvalue weighted by Crippen LogP contribution is 2.46. The van der Waals surface area contributed by atoms with Gasteiger partial charge in [0.1, 0.15) is 0 Å². The lowest BCUT2D eigenvalue weighted by Gasteiger charge is -2.27. The van der Waals surface area contributed by atoms with E-state index in [1.54, 1.807) is 0 Å². The van der Waals surface area contributed by atoms with E-state index in [0.29, 0.717) is 12.0 Å². The zero-order valence-electron chi connectivity index (χ0n) is 13.9. The Morgan fingerprint density at radius 1 is 0.826 bits per heavy atom. The van der Waals surface area contributed by atoms with E-state index >= 15 is 0 Å². The Morgan fingerprint density at radius 2 is 1.52 bits per heavy atom. The van der Waals surface area contributed by atoms with Crippen molar-refractivity contribution in [2.75, 3.05) is 11.4 Å². The summed E-state index contributed by atoms with van der Waals surface area (Å²) in [7, 11) is 0. The van der Waals surface area contributed by atoms with Crippen LogP contribution in [0.15, 0.2) is 66.7 Å². The first-order chi connectivity index (χ1) is 11.3. The number of fused-ring (bicyclic) bond motifs is 2. The van der Waals surface area contributed by atoms with Crippen LogP contribution in [-0.4, -0.2) is 12.6 Å². The van der Waals surface area contributed by atoms with Gasteiger partial charge in [0.2, 0.25) is 0 Å². The molecule has 1 aliphatic heterocycles. The van der Waals surface area contributed by atoms with Crippen molar-refractivity contribution in [1.82, 2.24) is 0 Å². The van der Waals surface area contributed by atoms with Gasteiger partial charge in [0, 0.05) is 24.2 Å². The summed E-state index contributed by atoms with van der Waals surface area (Å²) in [5, 5.41) is 2.73. The van der Waals surface area contributed by atoms with E-state index in [1.165, 1.54) is 34.0 Å². The van der Waals surface area contributed by atoms with Gasteiger partial charge in [-0.3, -0.25) is 0 Å². The molecule has 0 aromatic heterocycles. The first kappa shape index (κ1) is 14.3. The Labute approximate surface area is 138 Å². The molecule has 3 aromatic carbocycles. The molecule has 1 nitrogen and oxygen atoms in total. The molecule has 1 heterocycles. The van der Waals surface area contributed by atoms with Gasteiger partial charge in [-0.1, -0.05) is 67.6 Å². The first-order valence-electron chi connectivity index (χ1n) is 8.64. The second-order valence-electron chi connectivity index (χ2n) is 6.54. The van der Waals surface area contributed by atoms with Crippen LogP contribution in [0.1, 0.15) is 37.3 Å². The molecule has 2 unspecified atom stereocenters. The standard InChI is InChI=1S/C22H23N/c1-3-15-23-16(2)22(20-12-6-7-14-21(20)23)19-13-8-10-17-9-4-5-11-18(17)19/h4-14,16,22H,3,15H2,1-2H3. The summed E-state index contributed by atoms with van der Waals surface area (Å²) in [6, 6.07) is 24.9. The van der Waals surface area contributed by atoms with E-state index in [-0.39, 0.29) is 0 Å². The zero-order chi connectivity index (χ0) is 15.8. The summed E-state index contributed by atoms with van der Waals surface area (Å²) in [6.07, 6.45) is 1.18. The number of nitrogens with zero attached hydrogens (tertiary/aromatic N) is 1. The van der Waals surface area contributed by atoms with E-state index in [0.717, 1.165) is 6.54 Å². The molecule has 0 bridgehead atoms. The summed E-state index contributed by atoms with van der Waals surface area (Å²) >= 11 is 0. The number of hydrogen-bond donors (Lipinski definition) is 0. The predicted molar refractivity (Wildman–Crippen MR) is 99.3 cm³/mol. The number of rotatable bonds is 3. The quantitative estimate of drug-likeness (QED) is 0.609. The van der Waals surface area contributed by atoms with Gasteiger partial charge in [-0.25, -0.2) is 0 Å². The minimum absolute atomic E-state index is 0.448. The fourth-order valence-electron chi connectivity index (χ4n) is 4.19. The molecular weight excluding hydrogens is 278 g/mol. The number of benzene rings is 3. The Bertz CT molecular complexity index is 831. The fraction of sp³-hybridized carbons (Fsp3) is 0.273. The second kappa shape index (κ2) is 5.73. The lowest BCUT2D eigenvalue weighted by atomic mass is 9.85. The van der Waals surface area contributed by atoms with E-state index in [4.69, 9.17) is 0 Å². The third-order valence-electron chi connectivity index (χ3n) is 5.18. The lowest BCUT2D eigenvalue weighted by molar-refractivity contribution is 0.612. The van der Waals surface area contributed by atoms with Crippen molar-refractivity contribution < 1.29 is 0 Å². The van der Waals surface area contributed by atoms with Crippen LogP contribution < -0.4 is 4.90 Å². The van der Waals surface area contributed by atoms with Gasteiger partial charge in [-0.15, -0.1) is 0 Å². The van der Waals surface area contributed by atoms with Gasteiger partial charge in [0.15, 0.2) is 0 Å². The highest BCUT2D eigenvalue weighted by molar-refractivity contribution is 5.87. The third kappa shape index (κ3) is 2.23. The minimum atomic E-state index is 0.448. The number of para-hydroxylation sites is 1. The number of anilines is 1. The van der Waals surface area contributed by atoms with Crippen molar-refractivity contribution in [3.8, 4) is 0 Å². The molecule has 23 heavy (non-hydrogen) atoms. The van der Waals surface area contributed by atoms with Gasteiger partial charge >= 0.3 is 0 Å². The van der Waals surface area contributed by atoms with Crippen LogP contribution in [0.25, 0.3) is 10.8 Å². The van der Waals surface area contributed by atoms with E-state index in [2.05, 4.69) is 85.5 Å². The Morgan fingerprint density at radius 3 is 2.39 bits per heavy atom. The molecule has 0 fully saturated rings. The summed E-state index contributed by atoms with van der Waals surface area (Å²) < 4.78 is 0. The van der Waals surface area contributed by atoms with E-state index in [9.17, 15) is 0 Å². The lowest BCUT2D eigenvalue weighted by Crippen LogP contribution is -2.32. The maximum Gasteiger partial charge on any atom is 0.0408 e. The largest absolute Gasteiger partial charge is 0.368 e. The van der Waals surface area contributed by atoms with Crippen molar-refractivity contribution in [1.29, 1.82) is 0 Å². The SMILES string of the molecule is CCCN1c2ccccc2C(c2cccc3ccccc23)C1C. The number of hydrogen-bond acceptors (Lipinski definition) is 1. The van der Waals surface area contributed by atoms with Gasteiger partial charge < -0.3 is 4.90 Å². The molecule has 0 saturated carbocycles. The molecular formula is C22H23N. The molecule has 1 aliphatic rings. The molecule has 2 atom stereocenters. The van der Waals surface area contributed by atoms with Crippen LogP contribution >= 0.6 is 0 Å². The Kier molecular flexibility index (Phi) is 3.57. The van der Waals surface area contributed by atoms with Crippen LogP contribution in [0, 0.1) is 0 Å². The van der Waals surface area contributed by atoms with Gasteiger partial charge in [0.05, 0.1) is 0 Å². The molecule has 0 aliphatic carbocycles. The molecule has 3 aromatic rings. The first-order valence-corrected chi connectivity index (χ1v) is 8.64. The third-order valence-corrected chi connectivity index (χ3v) is 5.18. The smallest absolute Gasteiger partial charge is 0.0408 e. The topological polar surface area (TPSA) is 3.24 Å². The summed E-state index contributed by atoms with van der Waals surface area (Å²) in [4.78, 5) is 2.59. The Balaban J connectivity index is 1.91. The van der Waals surface area contributed by atoms with E-state index < -0.39 is 0 Å². The van der Waals surface area contributed by atoms with Gasteiger partial charge in [-0.05, 0) is 41.3 Å². The van der Waals surface area contributed by atoms with E-state index in [1.807, 2.05) is 0 Å². The maximum absolute atomic E-state index is 2.59. The molecule has 0 saturated heterocycles. The molecule has 0 spiro atoms. The molecule has 0 amide bonds. The molecule has 1 heteroatoms. The van der Waals surface area contributed by atoms with Crippen molar-refractivity contribution in [3.05, 3.63) is 77.9 Å². The van der Waals surface area contributed by atoms with Crippen LogP contribution in [-0.2, 0) is 0 Å². The van der Waals surface area contributed by atoms with Gasteiger partial charge in [-0.2, -0.15) is 0 Å².